The first-order valence-electron chi connectivity index (χ1n) is 7.35. The van der Waals surface area contributed by atoms with Gasteiger partial charge in [0.2, 0.25) is 17.7 Å². The van der Waals surface area contributed by atoms with E-state index in [1.54, 1.807) is 0 Å². The van der Waals surface area contributed by atoms with E-state index in [9.17, 15) is 19.2 Å². The molecule has 126 valence electrons. The van der Waals surface area contributed by atoms with E-state index in [1.165, 1.54) is 13.3 Å². The maximum Gasteiger partial charge on any atom is 0.349 e. The van der Waals surface area contributed by atoms with Crippen LogP contribution in [0.4, 0.5) is 5.13 Å². The number of aromatic nitrogens is 1. The third-order valence-corrected chi connectivity index (χ3v) is 4.93. The number of likely N-dealkylation sites (tertiary alicyclic amines) is 1. The number of nitrogens with one attached hydrogen (secondary N) is 1. The first-order valence-corrected chi connectivity index (χ1v) is 8.17. The van der Waals surface area contributed by atoms with Gasteiger partial charge in [0.1, 0.15) is 11.4 Å². The lowest BCUT2D eigenvalue weighted by Gasteiger charge is -2.14. The van der Waals surface area contributed by atoms with Crippen molar-refractivity contribution in [2.75, 3.05) is 19.0 Å². The van der Waals surface area contributed by atoms with Crippen LogP contribution in [0.1, 0.15) is 22.5 Å². The average Bonchev–Trinajstić information content (AvgIpc) is 3.14. The van der Waals surface area contributed by atoms with Crippen molar-refractivity contribution in [3.8, 4) is 0 Å². The van der Waals surface area contributed by atoms with Gasteiger partial charge in [-0.25, -0.2) is 9.78 Å². The zero-order valence-electron chi connectivity index (χ0n) is 12.9. The molecule has 1 fully saturated rings. The van der Waals surface area contributed by atoms with E-state index in [4.69, 9.17) is 0 Å². The monoisotopic (exact) mass is 349 g/mol. The van der Waals surface area contributed by atoms with Gasteiger partial charge < -0.3 is 10.1 Å². The third kappa shape index (κ3) is 2.94. The summed E-state index contributed by atoms with van der Waals surface area (Å²) < 4.78 is 4.56. The highest BCUT2D eigenvalue weighted by molar-refractivity contribution is 7.17. The molecule has 0 saturated carbocycles. The Hall–Kier alpha value is -2.55. The number of hydrogen-bond donors (Lipinski definition) is 1. The van der Waals surface area contributed by atoms with E-state index in [-0.39, 0.29) is 40.2 Å². The van der Waals surface area contributed by atoms with Gasteiger partial charge in [0, 0.05) is 0 Å². The van der Waals surface area contributed by atoms with Crippen molar-refractivity contribution in [2.45, 2.75) is 12.8 Å². The largest absolute Gasteiger partial charge is 0.465 e. The number of carbonyl (C=O) groups excluding carboxylic acids is 4. The zero-order chi connectivity index (χ0) is 17.3. The quantitative estimate of drug-likeness (QED) is 0.490. The number of carbonyl (C=O) groups is 4. The van der Waals surface area contributed by atoms with Crippen LogP contribution >= 0.6 is 11.3 Å². The molecule has 1 aromatic rings. The first-order chi connectivity index (χ1) is 11.5. The number of fused-ring (bicyclic) bond motifs is 1. The summed E-state index contributed by atoms with van der Waals surface area (Å²) in [4.78, 5) is 53.2. The normalized spacial score (nSPS) is 22.5. The lowest BCUT2D eigenvalue weighted by molar-refractivity contribution is -0.142. The van der Waals surface area contributed by atoms with Crippen LogP contribution < -0.4 is 5.32 Å². The van der Waals surface area contributed by atoms with Gasteiger partial charge in [-0.3, -0.25) is 19.3 Å². The summed E-state index contributed by atoms with van der Waals surface area (Å²) in [6.07, 6.45) is 6.13. The second-order valence-corrected chi connectivity index (χ2v) is 6.52. The molecule has 8 nitrogen and oxygen atoms in total. The fraction of sp³-hybridized carbons (Fsp3) is 0.400. The summed E-state index contributed by atoms with van der Waals surface area (Å²) in [5.41, 5.74) is 0. The molecule has 3 rings (SSSR count). The topological polar surface area (TPSA) is 106 Å². The number of allylic oxidation sites excluding steroid dienone is 2. The molecule has 24 heavy (non-hydrogen) atoms. The van der Waals surface area contributed by atoms with Crippen molar-refractivity contribution in [1.82, 2.24) is 9.88 Å². The summed E-state index contributed by atoms with van der Waals surface area (Å²) in [5, 5.41) is 2.70. The fourth-order valence-electron chi connectivity index (χ4n) is 2.85. The van der Waals surface area contributed by atoms with Crippen LogP contribution in [-0.4, -0.2) is 47.2 Å². The summed E-state index contributed by atoms with van der Waals surface area (Å²) >= 11 is 0.958. The lowest BCUT2D eigenvalue weighted by atomic mass is 9.85. The van der Waals surface area contributed by atoms with E-state index in [0.717, 1.165) is 16.2 Å². The number of ether oxygens (including phenoxy) is 1. The van der Waals surface area contributed by atoms with Crippen molar-refractivity contribution in [3.63, 3.8) is 0 Å². The molecule has 9 heteroatoms. The zero-order valence-corrected chi connectivity index (χ0v) is 13.7. The van der Waals surface area contributed by atoms with Gasteiger partial charge in [-0.1, -0.05) is 23.5 Å². The molecule has 1 N–H and O–H groups in total. The highest BCUT2D eigenvalue weighted by atomic mass is 32.1. The van der Waals surface area contributed by atoms with Crippen molar-refractivity contribution in [1.29, 1.82) is 0 Å². The Labute approximate surface area is 141 Å². The third-order valence-electron chi connectivity index (χ3n) is 4.04. The Morgan fingerprint density at radius 3 is 2.50 bits per heavy atom. The fourth-order valence-corrected chi connectivity index (χ4v) is 3.60. The summed E-state index contributed by atoms with van der Waals surface area (Å²) in [6.45, 7) is -0.349. The first kappa shape index (κ1) is 16.3. The summed E-state index contributed by atoms with van der Waals surface area (Å²) in [6, 6.07) is 0. The van der Waals surface area contributed by atoms with Crippen molar-refractivity contribution in [3.05, 3.63) is 23.2 Å². The van der Waals surface area contributed by atoms with Crippen LogP contribution in [0.5, 0.6) is 0 Å². The molecule has 1 saturated heterocycles. The molecule has 1 aromatic heterocycles. The minimum Gasteiger partial charge on any atom is -0.465 e. The molecular formula is C15H15N3O5S. The molecule has 3 amide bonds. The van der Waals surface area contributed by atoms with Gasteiger partial charge in [0.25, 0.3) is 0 Å². The maximum absolute atomic E-state index is 12.3. The number of hydrogen-bond acceptors (Lipinski definition) is 7. The second-order valence-electron chi connectivity index (χ2n) is 5.49. The van der Waals surface area contributed by atoms with E-state index in [2.05, 4.69) is 15.0 Å². The lowest BCUT2D eigenvalue weighted by Crippen LogP contribution is -2.38. The minimum absolute atomic E-state index is 0.207. The number of thiazole rings is 1. The van der Waals surface area contributed by atoms with E-state index in [1.807, 2.05) is 12.2 Å². The molecule has 2 aliphatic rings. The maximum atomic E-state index is 12.3. The molecule has 0 bridgehead atoms. The standard InChI is InChI=1S/C15H15N3O5S/c1-23-14(22)10-6-16-15(24-10)17-11(19)7-18-12(20)8-4-2-3-5-9(8)13(18)21/h2-3,6,8-9H,4-5,7H2,1H3,(H,16,17,19)/t8-,9-/m0/s1. The molecule has 1 aliphatic heterocycles. The molecule has 0 unspecified atom stereocenters. The van der Waals surface area contributed by atoms with E-state index >= 15 is 0 Å². The number of esters is 1. The number of methoxy groups -OCH3 is 1. The van der Waals surface area contributed by atoms with Crippen LogP contribution in [0.15, 0.2) is 18.3 Å². The van der Waals surface area contributed by atoms with Gasteiger partial charge in [-0.2, -0.15) is 0 Å². The van der Waals surface area contributed by atoms with Gasteiger partial charge in [-0.05, 0) is 12.8 Å². The predicted octanol–water partition coefficient (Wildman–Crippen LogP) is 0.819. The van der Waals surface area contributed by atoms with Crippen LogP contribution in [0.3, 0.4) is 0 Å². The minimum atomic E-state index is -0.547. The number of rotatable bonds is 4. The Morgan fingerprint density at radius 1 is 1.29 bits per heavy atom. The Kier molecular flexibility index (Phi) is 4.43. The van der Waals surface area contributed by atoms with Crippen LogP contribution in [0.2, 0.25) is 0 Å². The van der Waals surface area contributed by atoms with Gasteiger partial charge in [0.15, 0.2) is 5.13 Å². The van der Waals surface area contributed by atoms with Gasteiger partial charge in [0.05, 0.1) is 25.1 Å². The molecule has 0 radical (unpaired) electrons. The molecule has 1 aliphatic carbocycles. The number of amides is 3. The van der Waals surface area contributed by atoms with Gasteiger partial charge >= 0.3 is 5.97 Å². The Balaban J connectivity index is 1.63. The predicted molar refractivity (Wildman–Crippen MR) is 84.2 cm³/mol. The SMILES string of the molecule is COC(=O)c1cnc(NC(=O)CN2C(=O)[C@H]3CC=CC[C@@H]3C2=O)s1. The van der Waals surface area contributed by atoms with Crippen molar-refractivity contribution < 1.29 is 23.9 Å². The highest BCUT2D eigenvalue weighted by Crippen LogP contribution is 2.34. The Bertz CT molecular complexity index is 715. The number of anilines is 1. The average molecular weight is 349 g/mol. The number of nitrogens with zero attached hydrogens (tertiary/aromatic N) is 2. The van der Waals surface area contributed by atoms with Gasteiger partial charge in [-0.15, -0.1) is 0 Å². The highest BCUT2D eigenvalue weighted by Gasteiger charge is 2.47. The van der Waals surface area contributed by atoms with Crippen LogP contribution in [-0.2, 0) is 19.1 Å². The van der Waals surface area contributed by atoms with Crippen molar-refractivity contribution >= 4 is 40.2 Å². The molecule has 0 spiro atoms. The molecular weight excluding hydrogens is 334 g/mol. The number of imide groups is 1. The van der Waals surface area contributed by atoms with Crippen molar-refractivity contribution in [2.24, 2.45) is 11.8 Å². The molecule has 2 atom stereocenters. The van der Waals surface area contributed by atoms with E-state index in [0.29, 0.717) is 12.8 Å². The smallest absolute Gasteiger partial charge is 0.349 e. The summed E-state index contributed by atoms with van der Waals surface area (Å²) in [5.74, 6) is -2.41. The van der Waals surface area contributed by atoms with E-state index < -0.39 is 11.9 Å². The van der Waals surface area contributed by atoms with Crippen LogP contribution in [0, 0.1) is 11.8 Å². The Morgan fingerprint density at radius 2 is 1.92 bits per heavy atom. The summed E-state index contributed by atoms with van der Waals surface area (Å²) in [7, 11) is 1.25. The molecule has 0 aromatic carbocycles. The second kappa shape index (κ2) is 6.52. The van der Waals surface area contributed by atoms with Crippen LogP contribution in [0.25, 0.3) is 0 Å². The molecule has 2 heterocycles.